The van der Waals surface area contributed by atoms with Gasteiger partial charge in [-0.2, -0.15) is 20.4 Å². The predicted molar refractivity (Wildman–Crippen MR) is 478 cm³/mol. The number of benzene rings is 1. The largest absolute Gasteiger partial charge is 0.383 e. The number of rotatable bonds is 8. The van der Waals surface area contributed by atoms with Gasteiger partial charge in [0.15, 0.2) is 11.4 Å². The lowest BCUT2D eigenvalue weighted by Crippen LogP contribution is -2.23. The SMILES string of the molecule is C=C1NCc2c(c3c(N)ncnc3n2C(C)C)-c2cc(C3CC3)nn21.C=C1NCc2c(c3c(N)ncnc3n2C(C)C)-c2cn(C)nc21.C=C1NCc2c(c3c(N)ncnc3n2C(C)C)-c2cnn(C)c21.C=C1NCc2c(c3c(N)ncnc3n2C(C)C)-c2cnn(C3CC3)c21.Nc1ncnc2c1c1c(n2-c2ccccc2)CNC(=O)c2c-1noc2C1CC1. The summed E-state index contributed by atoms with van der Waals surface area (Å²) < 4.78 is 24.2. The van der Waals surface area contributed by atoms with E-state index in [0.29, 0.717) is 102 Å². The van der Waals surface area contributed by atoms with E-state index in [2.05, 4.69) is 208 Å². The lowest BCUT2D eigenvalue weighted by Gasteiger charge is -2.15. The highest BCUT2D eigenvalue weighted by Crippen LogP contribution is 2.52. The van der Waals surface area contributed by atoms with Crippen LogP contribution in [0.5, 0.6) is 0 Å². The van der Waals surface area contributed by atoms with Crippen molar-refractivity contribution in [2.45, 2.75) is 169 Å². The van der Waals surface area contributed by atoms with Gasteiger partial charge in [-0.05, 0) is 112 Å². The van der Waals surface area contributed by atoms with Crippen LogP contribution in [-0.4, -0.2) is 123 Å². The molecule has 15 aromatic heterocycles. The first-order valence-electron chi connectivity index (χ1n) is 41.8. The number of aromatic nitrogens is 24. The molecule has 0 radical (unpaired) electrons. The number of nitrogens with zero attached hydrogens (tertiary/aromatic N) is 24. The fraction of sp³-hybridized carbons (Fsp3) is 0.318. The number of carbonyl (C=O) groups excluding carboxylic acids is 1. The van der Waals surface area contributed by atoms with Crippen LogP contribution in [0.3, 0.4) is 0 Å². The topological polar surface area (TPSA) is 458 Å². The Hall–Kier alpha value is -15.0. The van der Waals surface area contributed by atoms with Gasteiger partial charge >= 0.3 is 0 Å². The van der Waals surface area contributed by atoms with Gasteiger partial charge < -0.3 is 78.0 Å². The number of para-hydroxylation sites is 1. The van der Waals surface area contributed by atoms with E-state index in [0.717, 1.165) is 187 Å². The summed E-state index contributed by atoms with van der Waals surface area (Å²) in [6, 6.07) is 13.5. The molecule has 15 N–H and O–H groups in total. The van der Waals surface area contributed by atoms with Crippen LogP contribution in [0.4, 0.5) is 29.1 Å². The minimum atomic E-state index is -0.169. The highest BCUT2D eigenvalue weighted by molar-refractivity contribution is 6.12. The molecule has 36 nitrogen and oxygen atoms in total. The second-order valence-corrected chi connectivity index (χ2v) is 33.8. The molecule has 0 bridgehead atoms. The number of nitrogens with two attached hydrogens (primary N) is 5. The van der Waals surface area contributed by atoms with Crippen LogP contribution in [0.25, 0.3) is 140 Å². The first-order valence-corrected chi connectivity index (χ1v) is 41.8. The van der Waals surface area contributed by atoms with Gasteiger partial charge in [-0.3, -0.25) is 23.4 Å². The van der Waals surface area contributed by atoms with Crippen LogP contribution in [-0.2, 0) is 46.8 Å². The van der Waals surface area contributed by atoms with Crippen molar-refractivity contribution in [3.05, 3.63) is 176 Å². The number of nitrogen functional groups attached to an aromatic ring is 5. The van der Waals surface area contributed by atoms with Crippen molar-refractivity contribution in [3.8, 4) is 61.6 Å². The highest BCUT2D eigenvalue weighted by atomic mass is 16.5. The van der Waals surface area contributed by atoms with Crippen molar-refractivity contribution in [3.63, 3.8) is 0 Å². The normalized spacial score (nSPS) is 15.4. The monoisotopic (exact) mass is 1660 g/mol. The van der Waals surface area contributed by atoms with Gasteiger partial charge in [0.1, 0.15) is 106 Å². The summed E-state index contributed by atoms with van der Waals surface area (Å²) in [4.78, 5) is 56.5. The Kier molecular flexibility index (Phi) is 18.4. The number of amides is 1. The number of hydrogen-bond donors (Lipinski definition) is 10. The lowest BCUT2D eigenvalue weighted by atomic mass is 10.0. The van der Waals surface area contributed by atoms with Gasteiger partial charge in [-0.15, -0.1) is 0 Å². The van der Waals surface area contributed by atoms with Gasteiger partial charge in [0.2, 0.25) is 0 Å². The second-order valence-electron chi connectivity index (χ2n) is 33.8. The van der Waals surface area contributed by atoms with E-state index in [1.54, 1.807) is 4.68 Å². The Morgan fingerprint density at radius 1 is 0.452 bits per heavy atom. The van der Waals surface area contributed by atoms with Gasteiger partial charge in [-0.1, -0.05) is 49.7 Å². The van der Waals surface area contributed by atoms with E-state index in [1.165, 1.54) is 57.3 Å². The average molecular weight is 1660 g/mol. The maximum absolute atomic E-state index is 12.9. The second kappa shape index (κ2) is 29.4. The van der Waals surface area contributed by atoms with Crippen LogP contribution < -0.4 is 55.3 Å². The van der Waals surface area contributed by atoms with Crippen molar-refractivity contribution in [1.29, 1.82) is 0 Å². The van der Waals surface area contributed by atoms with Crippen LogP contribution in [0.1, 0.15) is 203 Å². The standard InChI is InChI=1S/C20H16N6O2.2C18H21N7.2C16H19N7/c21-18-14-13-12(26(19(14)24-9-23-18)11-4-2-1-3-5-11)8-22-20(27)15-16(13)25-28-17(15)10-6-7-10;1-9(2)24-13-7-20-10(3)16-12(6-23-25(16)11-4-5-11)14(13)15-17(19)21-8-22-18(15)24;1-9(2)24-14-7-20-10(3)25-13(6-12(23-25)11-4-5-11)15(14)16-17(19)21-8-22-18(16)24;1-8(2)23-11-5-18-9(3)14-10(6-22(4)21-14)12(11)13-15(17)19-7-20-16(13)23;1-8(2)23-11-6-18-9(3)14-10(5-21-22(14)4)12(11)13-15(17)19-7-20-16(13)23/h1-5,9-10H,6-8H2,(H,22,27)(H2,21,23,24);2*6,8-9,11,20H,3-5,7H2,1-2H3,(H2,19,21,22);6-8,18H,3,5H2,1-2,4H3,(H2,17,19,20);5,7-8,18H,3,6H2,1-2,4H3,(H2,17,19,20). The van der Waals surface area contributed by atoms with Crippen molar-refractivity contribution in [1.82, 2.24) is 144 Å². The third-order valence-electron chi connectivity index (χ3n) is 24.4. The van der Waals surface area contributed by atoms with E-state index in [9.17, 15) is 4.79 Å². The molecule has 3 fully saturated rings. The minimum Gasteiger partial charge on any atom is -0.383 e. The number of carbonyl (C=O) groups is 1. The molecule has 36 heteroatoms. The molecule has 630 valence electrons. The predicted octanol–water partition coefficient (Wildman–Crippen LogP) is 12.6. The molecule has 0 atom stereocenters. The molecule has 124 heavy (non-hydrogen) atoms. The Balaban J connectivity index is 0.0000000984. The summed E-state index contributed by atoms with van der Waals surface area (Å²) in [5.41, 5.74) is 58.6. The molecule has 0 unspecified atom stereocenters. The van der Waals surface area contributed by atoms with Crippen LogP contribution in [0.15, 0.2) is 117 Å². The van der Waals surface area contributed by atoms with Crippen LogP contribution >= 0.6 is 0 Å². The summed E-state index contributed by atoms with van der Waals surface area (Å²) in [6.07, 6.45) is 20.2. The first kappa shape index (κ1) is 77.6. The molecule has 16 aromatic rings. The Labute approximate surface area is 710 Å². The van der Waals surface area contributed by atoms with Gasteiger partial charge in [0, 0.05) is 129 Å². The molecule has 8 aliphatic rings. The fourth-order valence-corrected chi connectivity index (χ4v) is 18.7. The minimum absolute atomic E-state index is 0.169. The number of nitrogens with one attached hydrogen (secondary N) is 5. The molecule has 3 saturated carbocycles. The fourth-order valence-electron chi connectivity index (χ4n) is 18.7. The van der Waals surface area contributed by atoms with Crippen LogP contribution in [0, 0.1) is 0 Å². The van der Waals surface area contributed by atoms with Gasteiger partial charge in [-0.25, -0.2) is 54.5 Å². The third-order valence-corrected chi connectivity index (χ3v) is 24.4. The molecule has 1 aromatic carbocycles. The summed E-state index contributed by atoms with van der Waals surface area (Å²) in [5.74, 6) is 4.48. The zero-order valence-electron chi connectivity index (χ0n) is 70.7. The van der Waals surface area contributed by atoms with Crippen molar-refractivity contribution in [2.24, 2.45) is 14.1 Å². The molecule has 3 aliphatic carbocycles. The van der Waals surface area contributed by atoms with Crippen molar-refractivity contribution in [2.75, 3.05) is 28.7 Å². The average Bonchev–Trinajstić information content (AvgIpc) is 1.58. The van der Waals surface area contributed by atoms with E-state index in [4.69, 9.17) is 38.3 Å². The quantitative estimate of drug-likeness (QED) is 0.0675. The van der Waals surface area contributed by atoms with E-state index in [1.807, 2.05) is 76.9 Å². The van der Waals surface area contributed by atoms with Gasteiger partial charge in [0.25, 0.3) is 5.91 Å². The number of anilines is 5. The molecular weight excluding hydrogens is 1570 g/mol. The third kappa shape index (κ3) is 12.4. The summed E-state index contributed by atoms with van der Waals surface area (Å²) in [7, 11) is 3.82. The highest BCUT2D eigenvalue weighted by Gasteiger charge is 2.42. The summed E-state index contributed by atoms with van der Waals surface area (Å²) in [5, 5.41) is 43.7. The maximum Gasteiger partial charge on any atom is 0.257 e. The lowest BCUT2D eigenvalue weighted by molar-refractivity contribution is 0.0949. The number of fused-ring (bicyclic) bond motifs is 25. The van der Waals surface area contributed by atoms with Gasteiger partial charge in [0.05, 0.1) is 124 Å². The van der Waals surface area contributed by atoms with E-state index in [-0.39, 0.29) is 36.0 Å². The zero-order valence-corrected chi connectivity index (χ0v) is 70.7. The molecule has 24 rings (SSSR count). The molecule has 20 heterocycles. The van der Waals surface area contributed by atoms with Crippen molar-refractivity contribution < 1.29 is 9.32 Å². The van der Waals surface area contributed by atoms with Crippen molar-refractivity contribution >= 4 is 113 Å². The number of aryl methyl sites for hydroxylation is 2. The van der Waals surface area contributed by atoms with E-state index >= 15 is 0 Å². The number of hydrogen-bond acceptors (Lipinski definition) is 26. The first-order chi connectivity index (χ1) is 59.9. The van der Waals surface area contributed by atoms with Crippen LogP contribution in [0.2, 0.25) is 0 Å². The Morgan fingerprint density at radius 3 is 1.40 bits per heavy atom. The molecular formula is C88H96N34O2. The smallest absolute Gasteiger partial charge is 0.257 e. The summed E-state index contributed by atoms with van der Waals surface area (Å²) >= 11 is 0. The molecule has 1 amide bonds. The zero-order chi connectivity index (χ0) is 86.0. The summed E-state index contributed by atoms with van der Waals surface area (Å²) in [6.45, 7) is 36.9. The molecule has 0 spiro atoms. The molecule has 5 aliphatic heterocycles. The molecule has 0 saturated heterocycles. The van der Waals surface area contributed by atoms with E-state index < -0.39 is 0 Å². The maximum atomic E-state index is 12.9. The Bertz CT molecular complexity index is 6960. The Morgan fingerprint density at radius 2 is 0.895 bits per heavy atom.